The lowest BCUT2D eigenvalue weighted by molar-refractivity contribution is 0.0730. The maximum Gasteiger partial charge on any atom is 0.243 e. The van der Waals surface area contributed by atoms with Gasteiger partial charge in [0, 0.05) is 29.9 Å². The van der Waals surface area contributed by atoms with Crippen LogP contribution >= 0.6 is 11.8 Å². The van der Waals surface area contributed by atoms with Gasteiger partial charge in [-0.05, 0) is 37.5 Å². The molecule has 1 aliphatic heterocycles. The standard InChI is InChI=1S/C25H30N4O3S2/c1-19(20-8-3-2-4-9-20)33-25-27-26-24(29(25)22-11-5-6-12-22)21-10-7-13-23(18-21)34(30,31)28-14-16-32-17-15-28/h2-4,7-10,13,18-19,22H,5-6,11-12,14-17H2,1H3/t19-/m1/s1. The van der Waals surface area contributed by atoms with E-state index in [9.17, 15) is 8.42 Å². The summed E-state index contributed by atoms with van der Waals surface area (Å²) in [4.78, 5) is 0.291. The largest absolute Gasteiger partial charge is 0.379 e. The smallest absolute Gasteiger partial charge is 0.243 e. The van der Waals surface area contributed by atoms with Crippen LogP contribution in [0.4, 0.5) is 0 Å². The molecule has 5 rings (SSSR count). The number of aromatic nitrogens is 3. The molecule has 2 aromatic carbocycles. The number of rotatable bonds is 7. The number of morpholine rings is 1. The molecular formula is C25H30N4O3S2. The van der Waals surface area contributed by atoms with Gasteiger partial charge in [-0.1, -0.05) is 67.1 Å². The van der Waals surface area contributed by atoms with Gasteiger partial charge in [0.05, 0.1) is 18.1 Å². The third-order valence-corrected chi connectivity index (χ3v) is 9.62. The van der Waals surface area contributed by atoms with Crippen molar-refractivity contribution in [1.29, 1.82) is 0 Å². The summed E-state index contributed by atoms with van der Waals surface area (Å²) in [5, 5.41) is 10.3. The number of benzene rings is 2. The fourth-order valence-corrected chi connectivity index (χ4v) is 7.23. The molecule has 1 aliphatic carbocycles. The van der Waals surface area contributed by atoms with Crippen LogP contribution in [0.25, 0.3) is 11.4 Å². The van der Waals surface area contributed by atoms with E-state index in [4.69, 9.17) is 4.74 Å². The van der Waals surface area contributed by atoms with Crippen LogP contribution in [0, 0.1) is 0 Å². The van der Waals surface area contributed by atoms with Crippen LogP contribution in [0.3, 0.4) is 0 Å². The first-order chi connectivity index (χ1) is 16.5. The summed E-state index contributed by atoms with van der Waals surface area (Å²) >= 11 is 1.71. The van der Waals surface area contributed by atoms with Gasteiger partial charge >= 0.3 is 0 Å². The Balaban J connectivity index is 1.49. The molecule has 0 amide bonds. The molecule has 1 saturated heterocycles. The van der Waals surface area contributed by atoms with E-state index in [1.165, 1.54) is 22.7 Å². The van der Waals surface area contributed by atoms with Crippen molar-refractivity contribution in [2.24, 2.45) is 0 Å². The first-order valence-corrected chi connectivity index (χ1v) is 14.2. The average molecular weight is 499 g/mol. The van der Waals surface area contributed by atoms with Crippen LogP contribution in [-0.2, 0) is 14.8 Å². The average Bonchev–Trinajstić information content (AvgIpc) is 3.55. The Labute approximate surface area is 205 Å². The Bertz CT molecular complexity index is 1220. The molecule has 180 valence electrons. The molecule has 9 heteroatoms. The van der Waals surface area contributed by atoms with Crippen molar-refractivity contribution in [3.63, 3.8) is 0 Å². The Kier molecular flexibility index (Phi) is 7.06. The molecule has 3 aromatic rings. The normalized spacial score (nSPS) is 18.9. The van der Waals surface area contributed by atoms with Gasteiger partial charge in [-0.2, -0.15) is 4.31 Å². The van der Waals surface area contributed by atoms with E-state index in [0.717, 1.165) is 29.4 Å². The van der Waals surface area contributed by atoms with E-state index in [1.54, 1.807) is 30.0 Å². The molecule has 2 heterocycles. The summed E-state index contributed by atoms with van der Waals surface area (Å²) < 4.78 is 35.6. The summed E-state index contributed by atoms with van der Waals surface area (Å²) in [6.07, 6.45) is 4.55. The molecule has 1 atom stereocenters. The first-order valence-electron chi connectivity index (χ1n) is 11.9. The second-order valence-corrected chi connectivity index (χ2v) is 12.1. The monoisotopic (exact) mass is 498 g/mol. The van der Waals surface area contributed by atoms with E-state index >= 15 is 0 Å². The SMILES string of the molecule is C[C@@H](Sc1nnc(-c2cccc(S(=O)(=O)N3CCOCC3)c2)n1C1CCCC1)c1ccccc1. The van der Waals surface area contributed by atoms with Crippen LogP contribution < -0.4 is 0 Å². The molecule has 0 unspecified atom stereocenters. The summed E-state index contributed by atoms with van der Waals surface area (Å²) in [6, 6.07) is 17.9. The molecule has 2 fully saturated rings. The van der Waals surface area contributed by atoms with Crippen molar-refractivity contribution < 1.29 is 13.2 Å². The zero-order valence-corrected chi connectivity index (χ0v) is 21.0. The van der Waals surface area contributed by atoms with Gasteiger partial charge in [0.1, 0.15) is 0 Å². The maximum atomic E-state index is 13.2. The Morgan fingerprint density at radius 2 is 1.74 bits per heavy atom. The number of thioether (sulfide) groups is 1. The van der Waals surface area contributed by atoms with Gasteiger partial charge in [0.15, 0.2) is 11.0 Å². The number of sulfonamides is 1. The van der Waals surface area contributed by atoms with Crippen molar-refractivity contribution in [2.45, 2.75) is 54.0 Å². The lowest BCUT2D eigenvalue weighted by Crippen LogP contribution is -2.40. The van der Waals surface area contributed by atoms with E-state index in [0.29, 0.717) is 37.2 Å². The lowest BCUT2D eigenvalue weighted by Gasteiger charge is -2.26. The van der Waals surface area contributed by atoms with Gasteiger partial charge in [-0.3, -0.25) is 4.57 Å². The Morgan fingerprint density at radius 3 is 2.47 bits per heavy atom. The molecule has 0 bridgehead atoms. The lowest BCUT2D eigenvalue weighted by atomic mass is 10.2. The molecular weight excluding hydrogens is 468 g/mol. The summed E-state index contributed by atoms with van der Waals surface area (Å²) in [6.45, 7) is 3.79. The van der Waals surface area contributed by atoms with Crippen LogP contribution in [0.2, 0.25) is 0 Å². The van der Waals surface area contributed by atoms with Crippen LogP contribution in [0.5, 0.6) is 0 Å². The van der Waals surface area contributed by atoms with Crippen LogP contribution in [0.15, 0.2) is 64.6 Å². The van der Waals surface area contributed by atoms with Crippen molar-refractivity contribution >= 4 is 21.8 Å². The van der Waals surface area contributed by atoms with Gasteiger partial charge < -0.3 is 4.74 Å². The van der Waals surface area contributed by atoms with Gasteiger partial charge in [0.25, 0.3) is 0 Å². The van der Waals surface area contributed by atoms with E-state index in [2.05, 4.69) is 46.0 Å². The minimum Gasteiger partial charge on any atom is -0.379 e. The molecule has 1 aromatic heterocycles. The molecule has 1 saturated carbocycles. The third-order valence-electron chi connectivity index (χ3n) is 6.61. The highest BCUT2D eigenvalue weighted by molar-refractivity contribution is 7.99. The highest BCUT2D eigenvalue weighted by atomic mass is 32.2. The predicted molar refractivity (Wildman–Crippen MR) is 133 cm³/mol. The molecule has 7 nitrogen and oxygen atoms in total. The Morgan fingerprint density at radius 1 is 1.00 bits per heavy atom. The molecule has 0 N–H and O–H groups in total. The highest BCUT2D eigenvalue weighted by Crippen LogP contribution is 2.41. The number of ether oxygens (including phenoxy) is 1. The second-order valence-electron chi connectivity index (χ2n) is 8.83. The molecule has 2 aliphatic rings. The van der Waals surface area contributed by atoms with Crippen molar-refractivity contribution in [3.05, 3.63) is 60.2 Å². The summed E-state index contributed by atoms with van der Waals surface area (Å²) in [7, 11) is -3.58. The van der Waals surface area contributed by atoms with Crippen molar-refractivity contribution in [3.8, 4) is 11.4 Å². The van der Waals surface area contributed by atoms with Gasteiger partial charge in [-0.25, -0.2) is 8.42 Å². The van der Waals surface area contributed by atoms with Crippen molar-refractivity contribution in [2.75, 3.05) is 26.3 Å². The molecule has 0 spiro atoms. The van der Waals surface area contributed by atoms with Crippen LogP contribution in [-0.4, -0.2) is 53.8 Å². The minimum absolute atomic E-state index is 0.228. The summed E-state index contributed by atoms with van der Waals surface area (Å²) in [5.74, 6) is 0.744. The fourth-order valence-electron chi connectivity index (χ4n) is 4.73. The number of hydrogen-bond donors (Lipinski definition) is 0. The molecule has 34 heavy (non-hydrogen) atoms. The third kappa shape index (κ3) is 4.79. The van der Waals surface area contributed by atoms with Gasteiger partial charge in [-0.15, -0.1) is 10.2 Å². The highest BCUT2D eigenvalue weighted by Gasteiger charge is 2.29. The number of nitrogens with zero attached hydrogens (tertiary/aromatic N) is 4. The number of hydrogen-bond acceptors (Lipinski definition) is 6. The predicted octanol–water partition coefficient (Wildman–Crippen LogP) is 4.93. The Hall–Kier alpha value is -2.20. The molecule has 0 radical (unpaired) electrons. The van der Waals surface area contributed by atoms with Crippen molar-refractivity contribution in [1.82, 2.24) is 19.1 Å². The second kappa shape index (κ2) is 10.2. The van der Waals surface area contributed by atoms with Crippen LogP contribution in [0.1, 0.15) is 49.5 Å². The zero-order chi connectivity index (χ0) is 23.5. The zero-order valence-electron chi connectivity index (χ0n) is 19.3. The topological polar surface area (TPSA) is 77.3 Å². The van der Waals surface area contributed by atoms with E-state index < -0.39 is 10.0 Å². The van der Waals surface area contributed by atoms with E-state index in [-0.39, 0.29) is 5.25 Å². The summed E-state index contributed by atoms with van der Waals surface area (Å²) in [5.41, 5.74) is 2.03. The quantitative estimate of drug-likeness (QED) is 0.430. The van der Waals surface area contributed by atoms with E-state index in [1.807, 2.05) is 12.1 Å². The first kappa shape index (κ1) is 23.5. The maximum absolute atomic E-state index is 13.2. The van der Waals surface area contributed by atoms with Gasteiger partial charge in [0.2, 0.25) is 10.0 Å². The minimum atomic E-state index is -3.58. The fraction of sp³-hybridized carbons (Fsp3) is 0.440.